The van der Waals surface area contributed by atoms with E-state index in [1.54, 1.807) is 0 Å². The molecule has 0 aromatic heterocycles. The van der Waals surface area contributed by atoms with Gasteiger partial charge in [-0.25, -0.2) is 8.78 Å². The summed E-state index contributed by atoms with van der Waals surface area (Å²) in [6, 6.07) is 5.36. The summed E-state index contributed by atoms with van der Waals surface area (Å²) in [5.74, 6) is -2.02. The first-order valence-corrected chi connectivity index (χ1v) is 6.66. The fourth-order valence-corrected chi connectivity index (χ4v) is 2.22. The maximum absolute atomic E-state index is 13.2. The maximum Gasteiger partial charge on any atom is 0.255 e. The molecule has 0 aliphatic carbocycles. The predicted octanol–water partition coefficient (Wildman–Crippen LogP) is 3.15. The lowest BCUT2D eigenvalue weighted by molar-refractivity contribution is 0.101. The van der Waals surface area contributed by atoms with Crippen molar-refractivity contribution in [3.05, 3.63) is 53.1 Å². The van der Waals surface area contributed by atoms with Gasteiger partial charge in [-0.05, 0) is 25.1 Å². The molecular formula is C16H11F2NO4. The number of halogens is 2. The lowest BCUT2D eigenvalue weighted by atomic mass is 10.1. The lowest BCUT2D eigenvalue weighted by Gasteiger charge is -2.11. The Balaban J connectivity index is 1.95. The zero-order chi connectivity index (χ0) is 16.6. The highest BCUT2D eigenvalue weighted by Gasteiger charge is 2.21. The highest BCUT2D eigenvalue weighted by molar-refractivity contribution is 6.09. The third-order valence-corrected chi connectivity index (χ3v) is 3.26. The summed E-state index contributed by atoms with van der Waals surface area (Å²) in [4.78, 5) is 23.9. The van der Waals surface area contributed by atoms with Gasteiger partial charge >= 0.3 is 0 Å². The van der Waals surface area contributed by atoms with Gasteiger partial charge in [-0.3, -0.25) is 9.59 Å². The first-order chi connectivity index (χ1) is 10.9. The van der Waals surface area contributed by atoms with Crippen molar-refractivity contribution in [2.45, 2.75) is 6.92 Å². The summed E-state index contributed by atoms with van der Waals surface area (Å²) < 4.78 is 36.8. The van der Waals surface area contributed by atoms with Crippen LogP contribution in [-0.4, -0.2) is 18.5 Å². The molecule has 0 atom stereocenters. The molecule has 3 rings (SSSR count). The minimum Gasteiger partial charge on any atom is -0.454 e. The van der Waals surface area contributed by atoms with E-state index in [1.165, 1.54) is 19.1 Å². The summed E-state index contributed by atoms with van der Waals surface area (Å²) in [7, 11) is 0. The van der Waals surface area contributed by atoms with Crippen molar-refractivity contribution in [1.82, 2.24) is 0 Å². The summed E-state index contributed by atoms with van der Waals surface area (Å²) in [6.07, 6.45) is 0. The van der Waals surface area contributed by atoms with Crippen LogP contribution in [0, 0.1) is 11.6 Å². The van der Waals surface area contributed by atoms with Gasteiger partial charge in [-0.1, -0.05) is 0 Å². The number of ether oxygens (including phenoxy) is 2. The smallest absolute Gasteiger partial charge is 0.255 e. The molecule has 1 heterocycles. The maximum atomic E-state index is 13.2. The van der Waals surface area contributed by atoms with Gasteiger partial charge in [0.15, 0.2) is 17.3 Å². The van der Waals surface area contributed by atoms with Crippen LogP contribution < -0.4 is 14.8 Å². The van der Waals surface area contributed by atoms with E-state index in [-0.39, 0.29) is 29.4 Å². The molecule has 0 bridgehead atoms. The van der Waals surface area contributed by atoms with Crippen LogP contribution in [0.3, 0.4) is 0 Å². The van der Waals surface area contributed by atoms with E-state index in [0.717, 1.165) is 12.1 Å². The summed E-state index contributed by atoms with van der Waals surface area (Å²) in [5, 5.41) is 2.46. The minimum atomic E-state index is -0.868. The SMILES string of the molecule is CC(=O)c1cc2c(cc1NC(=O)c1cc(F)cc(F)c1)OCO2. The molecular weight excluding hydrogens is 308 g/mol. The van der Waals surface area contributed by atoms with Crippen LogP contribution in [0.2, 0.25) is 0 Å². The normalized spacial score (nSPS) is 12.1. The number of ketones is 1. The van der Waals surface area contributed by atoms with Crippen LogP contribution in [0.1, 0.15) is 27.6 Å². The number of nitrogens with one attached hydrogen (secondary N) is 1. The van der Waals surface area contributed by atoms with E-state index < -0.39 is 17.5 Å². The predicted molar refractivity (Wildman–Crippen MR) is 76.9 cm³/mol. The molecule has 0 spiro atoms. The highest BCUT2D eigenvalue weighted by Crippen LogP contribution is 2.37. The number of hydrogen-bond donors (Lipinski definition) is 1. The Morgan fingerprint density at radius 2 is 1.61 bits per heavy atom. The van der Waals surface area contributed by atoms with Gasteiger partial charge in [0.2, 0.25) is 6.79 Å². The highest BCUT2D eigenvalue weighted by atomic mass is 19.1. The summed E-state index contributed by atoms with van der Waals surface area (Å²) >= 11 is 0. The van der Waals surface area contributed by atoms with Crippen molar-refractivity contribution < 1.29 is 27.8 Å². The molecule has 0 saturated carbocycles. The first kappa shape index (κ1) is 15.0. The van der Waals surface area contributed by atoms with E-state index in [9.17, 15) is 18.4 Å². The molecule has 118 valence electrons. The largest absolute Gasteiger partial charge is 0.454 e. The van der Waals surface area contributed by atoms with Crippen molar-refractivity contribution >= 4 is 17.4 Å². The Kier molecular flexibility index (Phi) is 3.69. The topological polar surface area (TPSA) is 64.6 Å². The van der Waals surface area contributed by atoms with E-state index in [1.807, 2.05) is 0 Å². The molecule has 5 nitrogen and oxygen atoms in total. The second-order valence-corrected chi connectivity index (χ2v) is 4.92. The zero-order valence-electron chi connectivity index (χ0n) is 12.0. The Morgan fingerprint density at radius 1 is 1.00 bits per heavy atom. The van der Waals surface area contributed by atoms with Gasteiger partial charge in [0, 0.05) is 23.3 Å². The Morgan fingerprint density at radius 3 is 2.22 bits per heavy atom. The molecule has 1 N–H and O–H groups in total. The molecule has 1 aliphatic rings. The number of benzene rings is 2. The average Bonchev–Trinajstić information content (AvgIpc) is 2.92. The third kappa shape index (κ3) is 2.98. The molecule has 0 fully saturated rings. The van der Waals surface area contributed by atoms with Crippen molar-refractivity contribution in [3.8, 4) is 11.5 Å². The monoisotopic (exact) mass is 319 g/mol. The van der Waals surface area contributed by atoms with Crippen molar-refractivity contribution in [3.63, 3.8) is 0 Å². The van der Waals surface area contributed by atoms with Gasteiger partial charge in [0.05, 0.1) is 5.69 Å². The molecule has 0 unspecified atom stereocenters. The van der Waals surface area contributed by atoms with Gasteiger partial charge in [-0.2, -0.15) is 0 Å². The van der Waals surface area contributed by atoms with Crippen LogP contribution in [-0.2, 0) is 0 Å². The fourth-order valence-electron chi connectivity index (χ4n) is 2.22. The Bertz CT molecular complexity index is 800. The molecule has 23 heavy (non-hydrogen) atoms. The van der Waals surface area contributed by atoms with Gasteiger partial charge in [0.25, 0.3) is 5.91 Å². The molecule has 1 aliphatic heterocycles. The number of hydrogen-bond acceptors (Lipinski definition) is 4. The first-order valence-electron chi connectivity index (χ1n) is 6.66. The quantitative estimate of drug-likeness (QED) is 0.883. The van der Waals surface area contributed by atoms with E-state index in [4.69, 9.17) is 9.47 Å². The second-order valence-electron chi connectivity index (χ2n) is 4.92. The van der Waals surface area contributed by atoms with E-state index >= 15 is 0 Å². The summed E-state index contributed by atoms with van der Waals surface area (Å²) in [6.45, 7) is 1.34. The lowest BCUT2D eigenvalue weighted by Crippen LogP contribution is -2.15. The molecule has 1 amide bonds. The van der Waals surface area contributed by atoms with Crippen molar-refractivity contribution in [1.29, 1.82) is 0 Å². The van der Waals surface area contributed by atoms with Gasteiger partial charge < -0.3 is 14.8 Å². The molecule has 0 saturated heterocycles. The third-order valence-electron chi connectivity index (χ3n) is 3.26. The molecule has 2 aromatic rings. The van der Waals surface area contributed by atoms with E-state index in [0.29, 0.717) is 17.6 Å². The number of carbonyl (C=O) groups excluding carboxylic acids is 2. The minimum absolute atomic E-state index is 0.0131. The van der Waals surface area contributed by atoms with E-state index in [2.05, 4.69) is 5.32 Å². The average molecular weight is 319 g/mol. The number of carbonyl (C=O) groups is 2. The molecule has 2 aromatic carbocycles. The number of fused-ring (bicyclic) bond motifs is 1. The number of Topliss-reactive ketones (excluding diaryl/α,β-unsaturated/α-hetero) is 1. The van der Waals surface area contributed by atoms with Gasteiger partial charge in [-0.15, -0.1) is 0 Å². The standard InChI is InChI=1S/C16H11F2NO4/c1-8(20)12-5-14-15(23-7-22-14)6-13(12)19-16(21)9-2-10(17)4-11(18)3-9/h2-6H,7H2,1H3,(H,19,21). The Hall–Kier alpha value is -2.96. The zero-order valence-corrected chi connectivity index (χ0v) is 12.0. The van der Waals surface area contributed by atoms with Crippen molar-refractivity contribution in [2.75, 3.05) is 12.1 Å². The second kappa shape index (κ2) is 5.68. The van der Waals surface area contributed by atoms with Crippen molar-refractivity contribution in [2.24, 2.45) is 0 Å². The molecule has 7 heteroatoms. The van der Waals surface area contributed by atoms with Crippen LogP contribution in [0.4, 0.5) is 14.5 Å². The fraction of sp³-hybridized carbons (Fsp3) is 0.125. The number of anilines is 1. The number of rotatable bonds is 3. The summed E-state index contributed by atoms with van der Waals surface area (Å²) in [5.41, 5.74) is 0.186. The Labute approximate surface area is 129 Å². The molecule has 0 radical (unpaired) electrons. The number of amides is 1. The van der Waals surface area contributed by atoms with Crippen LogP contribution in [0.25, 0.3) is 0 Å². The van der Waals surface area contributed by atoms with Gasteiger partial charge in [0.1, 0.15) is 11.6 Å². The van der Waals surface area contributed by atoms with Crippen LogP contribution in [0.5, 0.6) is 11.5 Å². The van der Waals surface area contributed by atoms with Crippen LogP contribution in [0.15, 0.2) is 30.3 Å². The van der Waals surface area contributed by atoms with Crippen LogP contribution >= 0.6 is 0 Å².